The van der Waals surface area contributed by atoms with Crippen LogP contribution >= 0.6 is 0 Å². The molecule has 1 aliphatic rings. The lowest BCUT2D eigenvalue weighted by Crippen LogP contribution is -2.21. The Morgan fingerprint density at radius 1 is 1.30 bits per heavy atom. The smallest absolute Gasteiger partial charge is 0.123 e. The lowest BCUT2D eigenvalue weighted by atomic mass is 9.88. The second kappa shape index (κ2) is 5.13. The van der Waals surface area contributed by atoms with Crippen LogP contribution < -0.4 is 15.2 Å². The number of methoxy groups -OCH3 is 1. The SMILES string of the molecule is COc1ccc(F)cc1C(N)C1COc2ccccc21. The van der Waals surface area contributed by atoms with Crippen LogP contribution in [0.1, 0.15) is 23.1 Å². The molecule has 0 aliphatic carbocycles. The highest BCUT2D eigenvalue weighted by Crippen LogP contribution is 2.42. The van der Waals surface area contributed by atoms with Crippen molar-refractivity contribution in [2.75, 3.05) is 13.7 Å². The van der Waals surface area contributed by atoms with Gasteiger partial charge in [0.25, 0.3) is 0 Å². The molecule has 2 atom stereocenters. The molecular weight excluding hydrogens is 257 g/mol. The second-order valence-electron chi connectivity index (χ2n) is 4.87. The van der Waals surface area contributed by atoms with Crippen molar-refractivity contribution in [1.82, 2.24) is 0 Å². The van der Waals surface area contributed by atoms with Gasteiger partial charge < -0.3 is 15.2 Å². The maximum absolute atomic E-state index is 13.5. The molecule has 2 N–H and O–H groups in total. The highest BCUT2D eigenvalue weighted by molar-refractivity contribution is 5.44. The van der Waals surface area contributed by atoms with Crippen LogP contribution in [0.3, 0.4) is 0 Å². The van der Waals surface area contributed by atoms with Gasteiger partial charge in [-0.05, 0) is 24.3 Å². The Kier molecular flexibility index (Phi) is 3.32. The average molecular weight is 273 g/mol. The standard InChI is InChI=1S/C16H16FNO2/c1-19-14-7-6-10(17)8-12(14)16(18)13-9-20-15-5-3-2-4-11(13)15/h2-8,13,16H,9,18H2,1H3. The fourth-order valence-corrected chi connectivity index (χ4v) is 2.67. The van der Waals surface area contributed by atoms with Gasteiger partial charge in [-0.15, -0.1) is 0 Å². The second-order valence-corrected chi connectivity index (χ2v) is 4.87. The van der Waals surface area contributed by atoms with Gasteiger partial charge in [-0.2, -0.15) is 0 Å². The third-order valence-electron chi connectivity index (χ3n) is 3.72. The molecule has 0 saturated heterocycles. The molecule has 1 aliphatic heterocycles. The van der Waals surface area contributed by atoms with Crippen molar-refractivity contribution >= 4 is 0 Å². The lowest BCUT2D eigenvalue weighted by Gasteiger charge is -2.21. The maximum Gasteiger partial charge on any atom is 0.123 e. The van der Waals surface area contributed by atoms with Gasteiger partial charge >= 0.3 is 0 Å². The van der Waals surface area contributed by atoms with Crippen molar-refractivity contribution in [3.63, 3.8) is 0 Å². The lowest BCUT2D eigenvalue weighted by molar-refractivity contribution is 0.312. The Morgan fingerprint density at radius 3 is 2.90 bits per heavy atom. The zero-order chi connectivity index (χ0) is 14.1. The van der Waals surface area contributed by atoms with Gasteiger partial charge in [0.15, 0.2) is 0 Å². The zero-order valence-corrected chi connectivity index (χ0v) is 11.2. The minimum absolute atomic E-state index is 0.00176. The zero-order valence-electron chi connectivity index (χ0n) is 11.2. The van der Waals surface area contributed by atoms with Gasteiger partial charge in [0.2, 0.25) is 0 Å². The van der Waals surface area contributed by atoms with Crippen molar-refractivity contribution in [2.24, 2.45) is 5.73 Å². The molecule has 0 amide bonds. The summed E-state index contributed by atoms with van der Waals surface area (Å²) < 4.78 is 24.4. The number of para-hydroxylation sites is 1. The molecule has 0 radical (unpaired) electrons. The molecular formula is C16H16FNO2. The monoisotopic (exact) mass is 273 g/mol. The van der Waals surface area contributed by atoms with E-state index in [-0.39, 0.29) is 17.8 Å². The molecule has 2 unspecified atom stereocenters. The van der Waals surface area contributed by atoms with Crippen LogP contribution in [0.5, 0.6) is 11.5 Å². The average Bonchev–Trinajstić information content (AvgIpc) is 2.90. The topological polar surface area (TPSA) is 44.5 Å². The first kappa shape index (κ1) is 12.9. The van der Waals surface area contributed by atoms with Gasteiger partial charge in [-0.3, -0.25) is 0 Å². The van der Waals surface area contributed by atoms with Crippen LogP contribution in [0.2, 0.25) is 0 Å². The van der Waals surface area contributed by atoms with Gasteiger partial charge in [0.05, 0.1) is 13.7 Å². The first-order valence-corrected chi connectivity index (χ1v) is 6.51. The molecule has 3 rings (SSSR count). The molecule has 4 heteroatoms. The number of ether oxygens (including phenoxy) is 2. The fraction of sp³-hybridized carbons (Fsp3) is 0.250. The predicted octanol–water partition coefficient (Wildman–Crippen LogP) is 3.01. The van der Waals surface area contributed by atoms with E-state index in [0.29, 0.717) is 17.9 Å². The molecule has 2 aromatic rings. The molecule has 0 spiro atoms. The number of rotatable bonds is 3. The number of nitrogens with two attached hydrogens (primary N) is 1. The minimum atomic E-state index is -0.371. The number of hydrogen-bond donors (Lipinski definition) is 1. The van der Waals surface area contributed by atoms with Crippen molar-refractivity contribution in [2.45, 2.75) is 12.0 Å². The van der Waals surface area contributed by atoms with Crippen LogP contribution in [-0.4, -0.2) is 13.7 Å². The Labute approximate surface area is 117 Å². The summed E-state index contributed by atoms with van der Waals surface area (Å²) in [5, 5.41) is 0. The van der Waals surface area contributed by atoms with E-state index in [2.05, 4.69) is 0 Å². The largest absolute Gasteiger partial charge is 0.496 e. The third kappa shape index (κ3) is 2.12. The quantitative estimate of drug-likeness (QED) is 0.935. The van der Waals surface area contributed by atoms with Crippen molar-refractivity contribution < 1.29 is 13.9 Å². The summed E-state index contributed by atoms with van der Waals surface area (Å²) in [6.45, 7) is 0.500. The van der Waals surface area contributed by atoms with Crippen LogP contribution in [0.25, 0.3) is 0 Å². The van der Waals surface area contributed by atoms with Gasteiger partial charge in [0.1, 0.15) is 17.3 Å². The number of hydrogen-bond acceptors (Lipinski definition) is 3. The van der Waals surface area contributed by atoms with E-state index in [1.807, 2.05) is 24.3 Å². The van der Waals surface area contributed by atoms with E-state index in [9.17, 15) is 4.39 Å². The van der Waals surface area contributed by atoms with Gasteiger partial charge in [0, 0.05) is 23.1 Å². The third-order valence-corrected chi connectivity index (χ3v) is 3.72. The molecule has 104 valence electrons. The number of halogens is 1. The summed E-state index contributed by atoms with van der Waals surface area (Å²) in [5.41, 5.74) is 8.06. The molecule has 0 bridgehead atoms. The van der Waals surface area contributed by atoms with Gasteiger partial charge in [-0.1, -0.05) is 18.2 Å². The van der Waals surface area contributed by atoms with E-state index in [1.54, 1.807) is 13.2 Å². The normalized spacial score (nSPS) is 18.2. The van der Waals surface area contributed by atoms with E-state index in [4.69, 9.17) is 15.2 Å². The minimum Gasteiger partial charge on any atom is -0.496 e. The van der Waals surface area contributed by atoms with Crippen molar-refractivity contribution in [1.29, 1.82) is 0 Å². The van der Waals surface area contributed by atoms with Crippen LogP contribution in [0, 0.1) is 5.82 Å². The van der Waals surface area contributed by atoms with E-state index in [1.165, 1.54) is 12.1 Å². The fourth-order valence-electron chi connectivity index (χ4n) is 2.67. The number of benzene rings is 2. The molecule has 0 fully saturated rings. The predicted molar refractivity (Wildman–Crippen MR) is 74.6 cm³/mol. The molecule has 0 aromatic heterocycles. The molecule has 2 aromatic carbocycles. The number of fused-ring (bicyclic) bond motifs is 1. The summed E-state index contributed by atoms with van der Waals surface area (Å²) in [4.78, 5) is 0. The summed E-state index contributed by atoms with van der Waals surface area (Å²) in [6.07, 6.45) is 0. The van der Waals surface area contributed by atoms with Crippen molar-refractivity contribution in [3.05, 3.63) is 59.4 Å². The summed E-state index contributed by atoms with van der Waals surface area (Å²) >= 11 is 0. The summed E-state index contributed by atoms with van der Waals surface area (Å²) in [6, 6.07) is 11.8. The van der Waals surface area contributed by atoms with E-state index in [0.717, 1.165) is 11.3 Å². The maximum atomic E-state index is 13.5. The highest BCUT2D eigenvalue weighted by Gasteiger charge is 2.31. The molecule has 0 saturated carbocycles. The van der Waals surface area contributed by atoms with Crippen LogP contribution in [0.15, 0.2) is 42.5 Å². The molecule has 3 nitrogen and oxygen atoms in total. The van der Waals surface area contributed by atoms with Crippen molar-refractivity contribution in [3.8, 4) is 11.5 Å². The first-order chi connectivity index (χ1) is 9.70. The van der Waals surface area contributed by atoms with Crippen LogP contribution in [0.4, 0.5) is 4.39 Å². The Balaban J connectivity index is 1.98. The van der Waals surface area contributed by atoms with Gasteiger partial charge in [-0.25, -0.2) is 4.39 Å². The Hall–Kier alpha value is -2.07. The Morgan fingerprint density at radius 2 is 2.10 bits per heavy atom. The first-order valence-electron chi connectivity index (χ1n) is 6.51. The molecule has 20 heavy (non-hydrogen) atoms. The van der Waals surface area contributed by atoms with E-state index < -0.39 is 0 Å². The summed E-state index contributed by atoms with van der Waals surface area (Å²) in [7, 11) is 1.56. The Bertz CT molecular complexity index is 630. The van der Waals surface area contributed by atoms with E-state index >= 15 is 0 Å². The summed E-state index contributed by atoms with van der Waals surface area (Å²) in [5.74, 6) is 1.14. The highest BCUT2D eigenvalue weighted by atomic mass is 19.1. The van der Waals surface area contributed by atoms with Crippen LogP contribution in [-0.2, 0) is 0 Å². The molecule has 1 heterocycles.